The Bertz CT molecular complexity index is 774. The van der Waals surface area contributed by atoms with Gasteiger partial charge in [-0.3, -0.25) is 9.69 Å². The van der Waals surface area contributed by atoms with E-state index in [0.29, 0.717) is 10.9 Å². The first-order valence-corrected chi connectivity index (χ1v) is 8.20. The number of carbonyl (C=O) groups is 1. The van der Waals surface area contributed by atoms with Crippen molar-refractivity contribution in [1.29, 1.82) is 0 Å². The summed E-state index contributed by atoms with van der Waals surface area (Å²) >= 11 is 1.40. The molecule has 122 valence electrons. The molecule has 0 aliphatic carbocycles. The number of ether oxygens (including phenoxy) is 2. The summed E-state index contributed by atoms with van der Waals surface area (Å²) in [5, 5.41) is 2.45. The van der Waals surface area contributed by atoms with Crippen LogP contribution in [0.25, 0.3) is 0 Å². The zero-order valence-corrected chi connectivity index (χ0v) is 13.9. The maximum atomic E-state index is 12.7. The molecule has 3 aromatic rings. The second kappa shape index (κ2) is 7.61. The topological polar surface area (TPSA) is 51.7 Å². The molecule has 0 spiro atoms. The average molecular weight is 340 g/mol. The number of thiazole rings is 1. The first-order chi connectivity index (χ1) is 11.8. The SMILES string of the molecule is COc1ccc(OCC(=O)N(c2ccccc2)c2nccs2)cc1. The normalized spacial score (nSPS) is 10.2. The van der Waals surface area contributed by atoms with E-state index in [1.807, 2.05) is 35.7 Å². The van der Waals surface area contributed by atoms with Crippen LogP contribution in [0.5, 0.6) is 11.5 Å². The minimum Gasteiger partial charge on any atom is -0.497 e. The number of amides is 1. The van der Waals surface area contributed by atoms with E-state index in [4.69, 9.17) is 9.47 Å². The highest BCUT2D eigenvalue weighted by Crippen LogP contribution is 2.27. The number of methoxy groups -OCH3 is 1. The fourth-order valence-corrected chi connectivity index (χ4v) is 2.82. The molecule has 1 heterocycles. The largest absolute Gasteiger partial charge is 0.497 e. The highest BCUT2D eigenvalue weighted by molar-refractivity contribution is 7.13. The van der Waals surface area contributed by atoms with Crippen molar-refractivity contribution < 1.29 is 14.3 Å². The molecule has 6 heteroatoms. The first kappa shape index (κ1) is 16.0. The van der Waals surface area contributed by atoms with Gasteiger partial charge < -0.3 is 9.47 Å². The molecule has 1 amide bonds. The van der Waals surface area contributed by atoms with Gasteiger partial charge in [-0.05, 0) is 36.4 Å². The van der Waals surface area contributed by atoms with Crippen LogP contribution in [-0.2, 0) is 4.79 Å². The van der Waals surface area contributed by atoms with Gasteiger partial charge in [0.15, 0.2) is 11.7 Å². The molecular weight excluding hydrogens is 324 g/mol. The van der Waals surface area contributed by atoms with Gasteiger partial charge in [-0.25, -0.2) is 4.98 Å². The summed E-state index contributed by atoms with van der Waals surface area (Å²) in [6, 6.07) is 16.5. The Morgan fingerprint density at radius 1 is 1.08 bits per heavy atom. The molecule has 0 atom stereocenters. The molecule has 5 nitrogen and oxygen atoms in total. The van der Waals surface area contributed by atoms with Crippen LogP contribution in [-0.4, -0.2) is 24.6 Å². The van der Waals surface area contributed by atoms with Gasteiger partial charge in [0.2, 0.25) is 0 Å². The van der Waals surface area contributed by atoms with Crippen LogP contribution >= 0.6 is 11.3 Å². The maximum absolute atomic E-state index is 12.7. The lowest BCUT2D eigenvalue weighted by molar-refractivity contribution is -0.119. The minimum atomic E-state index is -0.188. The van der Waals surface area contributed by atoms with E-state index in [0.717, 1.165) is 11.4 Å². The summed E-state index contributed by atoms with van der Waals surface area (Å²) in [6.45, 7) is -0.0825. The molecule has 24 heavy (non-hydrogen) atoms. The summed E-state index contributed by atoms with van der Waals surface area (Å²) in [5.74, 6) is 1.16. The van der Waals surface area contributed by atoms with Crippen molar-refractivity contribution in [1.82, 2.24) is 4.98 Å². The first-order valence-electron chi connectivity index (χ1n) is 7.32. The van der Waals surface area contributed by atoms with Crippen LogP contribution < -0.4 is 14.4 Å². The van der Waals surface area contributed by atoms with Gasteiger partial charge in [0.05, 0.1) is 12.8 Å². The van der Waals surface area contributed by atoms with Gasteiger partial charge in [-0.1, -0.05) is 18.2 Å². The third-order valence-corrected chi connectivity index (χ3v) is 4.05. The van der Waals surface area contributed by atoms with Gasteiger partial charge in [0, 0.05) is 11.6 Å². The van der Waals surface area contributed by atoms with E-state index >= 15 is 0 Å². The summed E-state index contributed by atoms with van der Waals surface area (Å²) in [4.78, 5) is 18.5. The summed E-state index contributed by atoms with van der Waals surface area (Å²) in [6.07, 6.45) is 1.67. The number of hydrogen-bond acceptors (Lipinski definition) is 5. The van der Waals surface area contributed by atoms with Gasteiger partial charge >= 0.3 is 0 Å². The summed E-state index contributed by atoms with van der Waals surface area (Å²) in [7, 11) is 1.60. The number of benzene rings is 2. The lowest BCUT2D eigenvalue weighted by Gasteiger charge is -2.20. The Morgan fingerprint density at radius 3 is 2.42 bits per heavy atom. The van der Waals surface area contributed by atoms with E-state index in [9.17, 15) is 4.79 Å². The van der Waals surface area contributed by atoms with Crippen molar-refractivity contribution in [3.8, 4) is 11.5 Å². The molecule has 2 aromatic carbocycles. The van der Waals surface area contributed by atoms with Gasteiger partial charge in [0.25, 0.3) is 5.91 Å². The molecule has 0 radical (unpaired) electrons. The zero-order chi connectivity index (χ0) is 16.8. The lowest BCUT2D eigenvalue weighted by Crippen LogP contribution is -2.30. The fraction of sp³-hybridized carbons (Fsp3) is 0.111. The number of carbonyl (C=O) groups excluding carboxylic acids is 1. The third-order valence-electron chi connectivity index (χ3n) is 3.30. The highest BCUT2D eigenvalue weighted by atomic mass is 32.1. The van der Waals surface area contributed by atoms with Crippen LogP contribution in [0, 0.1) is 0 Å². The van der Waals surface area contributed by atoms with Crippen molar-refractivity contribution in [2.75, 3.05) is 18.6 Å². The van der Waals surface area contributed by atoms with Crippen molar-refractivity contribution >= 4 is 28.1 Å². The molecule has 1 aromatic heterocycles. The molecule has 0 N–H and O–H groups in total. The highest BCUT2D eigenvalue weighted by Gasteiger charge is 2.20. The molecular formula is C18H16N2O3S. The van der Waals surface area contributed by atoms with Crippen LogP contribution in [0.3, 0.4) is 0 Å². The zero-order valence-electron chi connectivity index (χ0n) is 13.1. The van der Waals surface area contributed by atoms with Crippen molar-refractivity contribution in [3.63, 3.8) is 0 Å². The number of para-hydroxylation sites is 1. The van der Waals surface area contributed by atoms with E-state index < -0.39 is 0 Å². The van der Waals surface area contributed by atoms with Crippen LogP contribution in [0.1, 0.15) is 0 Å². The second-order valence-electron chi connectivity index (χ2n) is 4.84. The number of nitrogens with zero attached hydrogens (tertiary/aromatic N) is 2. The van der Waals surface area contributed by atoms with E-state index in [1.54, 1.807) is 42.5 Å². The van der Waals surface area contributed by atoms with Crippen molar-refractivity contribution in [2.45, 2.75) is 0 Å². The summed E-state index contributed by atoms with van der Waals surface area (Å²) in [5.41, 5.74) is 0.760. The predicted molar refractivity (Wildman–Crippen MR) is 94.2 cm³/mol. The third kappa shape index (κ3) is 3.72. The standard InChI is InChI=1S/C18H16N2O3S/c1-22-15-7-9-16(10-8-15)23-13-17(21)20(18-19-11-12-24-18)14-5-3-2-4-6-14/h2-12H,13H2,1H3. The molecule has 0 aliphatic rings. The Morgan fingerprint density at radius 2 is 1.79 bits per heavy atom. The lowest BCUT2D eigenvalue weighted by atomic mass is 10.3. The molecule has 3 rings (SSSR count). The molecule has 0 bridgehead atoms. The van der Waals surface area contributed by atoms with Crippen LogP contribution in [0.2, 0.25) is 0 Å². The Balaban J connectivity index is 1.74. The van der Waals surface area contributed by atoms with Gasteiger partial charge in [0.1, 0.15) is 11.5 Å². The van der Waals surface area contributed by atoms with Crippen molar-refractivity contribution in [2.24, 2.45) is 0 Å². The maximum Gasteiger partial charge on any atom is 0.271 e. The Labute approximate surface area is 144 Å². The monoisotopic (exact) mass is 340 g/mol. The molecule has 0 saturated heterocycles. The number of rotatable bonds is 6. The van der Waals surface area contributed by atoms with Crippen molar-refractivity contribution in [3.05, 3.63) is 66.2 Å². The Kier molecular flexibility index (Phi) is 5.08. The second-order valence-corrected chi connectivity index (χ2v) is 5.72. The quantitative estimate of drug-likeness (QED) is 0.683. The fourth-order valence-electron chi connectivity index (χ4n) is 2.15. The summed E-state index contributed by atoms with van der Waals surface area (Å²) < 4.78 is 10.7. The number of hydrogen-bond donors (Lipinski definition) is 0. The smallest absolute Gasteiger partial charge is 0.271 e. The Hall–Kier alpha value is -2.86. The van der Waals surface area contributed by atoms with Crippen LogP contribution in [0.15, 0.2) is 66.2 Å². The number of aromatic nitrogens is 1. The van der Waals surface area contributed by atoms with Crippen LogP contribution in [0.4, 0.5) is 10.8 Å². The van der Waals surface area contributed by atoms with E-state index in [2.05, 4.69) is 4.98 Å². The van der Waals surface area contributed by atoms with E-state index in [1.165, 1.54) is 11.3 Å². The predicted octanol–water partition coefficient (Wildman–Crippen LogP) is 3.90. The molecule has 0 unspecified atom stereocenters. The number of anilines is 2. The van der Waals surface area contributed by atoms with Gasteiger partial charge in [-0.15, -0.1) is 11.3 Å². The van der Waals surface area contributed by atoms with Gasteiger partial charge in [-0.2, -0.15) is 0 Å². The molecule has 0 aliphatic heterocycles. The average Bonchev–Trinajstić information content (AvgIpc) is 3.15. The van der Waals surface area contributed by atoms with E-state index in [-0.39, 0.29) is 12.5 Å². The molecule has 0 saturated carbocycles. The minimum absolute atomic E-state index is 0.0825. The molecule has 0 fully saturated rings.